The average Bonchev–Trinajstić information content (AvgIpc) is 2.77. The predicted octanol–water partition coefficient (Wildman–Crippen LogP) is 3.80. The van der Waals surface area contributed by atoms with Crippen LogP contribution in [0, 0.1) is 5.92 Å². The number of benzene rings is 2. The van der Waals surface area contributed by atoms with Crippen LogP contribution in [-0.2, 0) is 21.4 Å². The first-order valence-electron chi connectivity index (χ1n) is 10.4. The highest BCUT2D eigenvalue weighted by Crippen LogP contribution is 2.16. The van der Waals surface area contributed by atoms with E-state index in [0.717, 1.165) is 5.56 Å². The van der Waals surface area contributed by atoms with E-state index in [9.17, 15) is 18.0 Å². The molecule has 3 N–H and O–H groups in total. The summed E-state index contributed by atoms with van der Waals surface area (Å²) < 4.78 is 27.5. The van der Waals surface area contributed by atoms with E-state index in [1.165, 1.54) is 36.7 Å². The summed E-state index contributed by atoms with van der Waals surface area (Å²) in [5.74, 6) is -0.129. The summed E-state index contributed by atoms with van der Waals surface area (Å²) in [6, 6.07) is 16.0. The van der Waals surface area contributed by atoms with Crippen LogP contribution < -0.4 is 15.4 Å². The second kappa shape index (κ2) is 10.7. The Morgan fingerprint density at radius 1 is 0.939 bits per heavy atom. The van der Waals surface area contributed by atoms with E-state index < -0.39 is 10.0 Å². The van der Waals surface area contributed by atoms with E-state index in [0.29, 0.717) is 23.4 Å². The second-order valence-corrected chi connectivity index (χ2v) is 9.58. The molecule has 0 atom stereocenters. The molecule has 0 aliphatic carbocycles. The van der Waals surface area contributed by atoms with Gasteiger partial charge in [0.25, 0.3) is 15.9 Å². The van der Waals surface area contributed by atoms with Crippen molar-refractivity contribution < 1.29 is 18.0 Å². The molecule has 0 spiro atoms. The molecular formula is C24H26N4O4S. The Labute approximate surface area is 193 Å². The number of nitrogens with one attached hydrogen (secondary N) is 3. The molecule has 3 rings (SSSR count). The summed E-state index contributed by atoms with van der Waals surface area (Å²) >= 11 is 0. The standard InChI is InChI=1S/C24H26N4O4S/c1-17(2)14-23(29)27-21-5-3-4-18(15-21)16-26-24(30)19-6-8-22(9-7-19)33(31,32)28-20-10-12-25-13-11-20/h3-13,15,17H,14,16H2,1-2H3,(H,25,28)(H,26,30)(H,27,29). The average molecular weight is 467 g/mol. The molecule has 9 heteroatoms. The zero-order valence-corrected chi connectivity index (χ0v) is 19.2. The molecule has 0 aliphatic rings. The minimum Gasteiger partial charge on any atom is -0.348 e. The van der Waals surface area contributed by atoms with Crippen LogP contribution >= 0.6 is 0 Å². The molecule has 3 aromatic rings. The van der Waals surface area contributed by atoms with Crippen LogP contribution in [0.1, 0.15) is 36.2 Å². The van der Waals surface area contributed by atoms with E-state index in [2.05, 4.69) is 20.3 Å². The van der Waals surface area contributed by atoms with Gasteiger partial charge in [0.05, 0.1) is 10.6 Å². The van der Waals surface area contributed by atoms with Gasteiger partial charge in [0.15, 0.2) is 0 Å². The van der Waals surface area contributed by atoms with Gasteiger partial charge in [-0.1, -0.05) is 26.0 Å². The van der Waals surface area contributed by atoms with Crippen molar-refractivity contribution in [2.45, 2.75) is 31.7 Å². The number of amides is 2. The lowest BCUT2D eigenvalue weighted by molar-refractivity contribution is -0.116. The molecule has 1 aromatic heterocycles. The van der Waals surface area contributed by atoms with Crippen molar-refractivity contribution in [1.82, 2.24) is 10.3 Å². The van der Waals surface area contributed by atoms with Crippen LogP contribution in [0.4, 0.5) is 11.4 Å². The Morgan fingerprint density at radius 2 is 1.64 bits per heavy atom. The molecule has 2 amide bonds. The first-order valence-corrected chi connectivity index (χ1v) is 11.9. The normalized spacial score (nSPS) is 11.1. The summed E-state index contributed by atoms with van der Waals surface area (Å²) in [5.41, 5.74) is 2.23. The quantitative estimate of drug-likeness (QED) is 0.443. The van der Waals surface area contributed by atoms with Gasteiger partial charge in [0.2, 0.25) is 5.91 Å². The molecule has 33 heavy (non-hydrogen) atoms. The molecule has 0 fully saturated rings. The minimum atomic E-state index is -3.78. The summed E-state index contributed by atoms with van der Waals surface area (Å²) in [6.45, 7) is 4.21. The fourth-order valence-corrected chi connectivity index (χ4v) is 4.10. The van der Waals surface area contributed by atoms with Crippen LogP contribution in [-0.4, -0.2) is 25.2 Å². The Hall–Kier alpha value is -3.72. The Kier molecular flexibility index (Phi) is 7.78. The van der Waals surface area contributed by atoms with Gasteiger partial charge < -0.3 is 10.6 Å². The first-order chi connectivity index (χ1) is 15.7. The molecule has 0 bridgehead atoms. The van der Waals surface area contributed by atoms with Gasteiger partial charge in [-0.15, -0.1) is 0 Å². The predicted molar refractivity (Wildman–Crippen MR) is 127 cm³/mol. The highest BCUT2D eigenvalue weighted by Gasteiger charge is 2.15. The third kappa shape index (κ3) is 7.15. The Balaban J connectivity index is 1.59. The maximum atomic E-state index is 12.5. The number of hydrogen-bond donors (Lipinski definition) is 3. The van der Waals surface area contributed by atoms with Crippen molar-refractivity contribution in [3.8, 4) is 0 Å². The van der Waals surface area contributed by atoms with E-state index in [1.807, 2.05) is 26.0 Å². The van der Waals surface area contributed by atoms with E-state index in [1.54, 1.807) is 24.3 Å². The topological polar surface area (TPSA) is 117 Å². The van der Waals surface area contributed by atoms with Gasteiger partial charge in [0.1, 0.15) is 0 Å². The number of rotatable bonds is 9. The van der Waals surface area contributed by atoms with Crippen molar-refractivity contribution in [3.63, 3.8) is 0 Å². The fourth-order valence-electron chi connectivity index (χ4n) is 3.05. The monoisotopic (exact) mass is 466 g/mol. The van der Waals surface area contributed by atoms with Gasteiger partial charge in [-0.05, 0) is 60.0 Å². The van der Waals surface area contributed by atoms with Crippen LogP contribution in [0.15, 0.2) is 78.0 Å². The Morgan fingerprint density at radius 3 is 2.30 bits per heavy atom. The lowest BCUT2D eigenvalue weighted by Gasteiger charge is -2.10. The highest BCUT2D eigenvalue weighted by atomic mass is 32.2. The van der Waals surface area contributed by atoms with Crippen molar-refractivity contribution in [3.05, 3.63) is 84.2 Å². The lowest BCUT2D eigenvalue weighted by atomic mass is 10.1. The third-order valence-electron chi connectivity index (χ3n) is 4.62. The number of anilines is 2. The molecule has 0 saturated heterocycles. The largest absolute Gasteiger partial charge is 0.348 e. The Bertz CT molecular complexity index is 1210. The maximum Gasteiger partial charge on any atom is 0.261 e. The molecule has 0 radical (unpaired) electrons. The zero-order valence-electron chi connectivity index (χ0n) is 18.4. The van der Waals surface area contributed by atoms with Crippen LogP contribution in [0.25, 0.3) is 0 Å². The molecule has 1 heterocycles. The molecule has 8 nitrogen and oxygen atoms in total. The summed E-state index contributed by atoms with van der Waals surface area (Å²) in [4.78, 5) is 28.3. The number of sulfonamides is 1. The third-order valence-corrected chi connectivity index (χ3v) is 6.01. The van der Waals surface area contributed by atoms with E-state index in [4.69, 9.17) is 0 Å². The first kappa shape index (κ1) is 23.9. The van der Waals surface area contributed by atoms with Gasteiger partial charge in [-0.25, -0.2) is 8.42 Å². The molecule has 2 aromatic carbocycles. The molecule has 0 saturated carbocycles. The minimum absolute atomic E-state index is 0.0423. The zero-order chi connectivity index (χ0) is 23.8. The van der Waals surface area contributed by atoms with Gasteiger partial charge in [-0.2, -0.15) is 0 Å². The fraction of sp³-hybridized carbons (Fsp3) is 0.208. The number of nitrogens with zero attached hydrogens (tertiary/aromatic N) is 1. The molecule has 0 aliphatic heterocycles. The van der Waals surface area contributed by atoms with Crippen molar-refractivity contribution in [2.24, 2.45) is 5.92 Å². The smallest absolute Gasteiger partial charge is 0.261 e. The number of carbonyl (C=O) groups excluding carboxylic acids is 2. The number of carbonyl (C=O) groups is 2. The van der Waals surface area contributed by atoms with E-state index in [-0.39, 0.29) is 29.2 Å². The number of pyridine rings is 1. The van der Waals surface area contributed by atoms with E-state index >= 15 is 0 Å². The molecular weight excluding hydrogens is 440 g/mol. The van der Waals surface area contributed by atoms with Crippen LogP contribution in [0.2, 0.25) is 0 Å². The molecule has 172 valence electrons. The number of aromatic nitrogens is 1. The van der Waals surface area contributed by atoms with Crippen molar-refractivity contribution in [1.29, 1.82) is 0 Å². The van der Waals surface area contributed by atoms with Gasteiger partial charge >= 0.3 is 0 Å². The molecule has 0 unspecified atom stereocenters. The second-order valence-electron chi connectivity index (χ2n) is 7.89. The highest BCUT2D eigenvalue weighted by molar-refractivity contribution is 7.92. The summed E-state index contributed by atoms with van der Waals surface area (Å²) in [7, 11) is -3.78. The van der Waals surface area contributed by atoms with Crippen molar-refractivity contribution >= 4 is 33.2 Å². The SMILES string of the molecule is CC(C)CC(=O)Nc1cccc(CNC(=O)c2ccc(S(=O)(=O)Nc3ccncc3)cc2)c1. The summed E-state index contributed by atoms with van der Waals surface area (Å²) in [6.07, 6.45) is 3.41. The van der Waals surface area contributed by atoms with Gasteiger partial charge in [-0.3, -0.25) is 19.3 Å². The van der Waals surface area contributed by atoms with Crippen LogP contribution in [0.3, 0.4) is 0 Å². The maximum absolute atomic E-state index is 12.5. The number of hydrogen-bond acceptors (Lipinski definition) is 5. The summed E-state index contributed by atoms with van der Waals surface area (Å²) in [5, 5.41) is 5.66. The van der Waals surface area contributed by atoms with Crippen LogP contribution in [0.5, 0.6) is 0 Å². The van der Waals surface area contributed by atoms with Gasteiger partial charge in [0, 0.05) is 36.6 Å². The lowest BCUT2D eigenvalue weighted by Crippen LogP contribution is -2.23. The van der Waals surface area contributed by atoms with Crippen molar-refractivity contribution in [2.75, 3.05) is 10.0 Å².